The fraction of sp³-hybridized carbons (Fsp3) is 0.966. The van der Waals surface area contributed by atoms with E-state index in [1.807, 2.05) is 0 Å². The van der Waals surface area contributed by atoms with Gasteiger partial charge in [0.1, 0.15) is 0 Å². The fourth-order valence-corrected chi connectivity index (χ4v) is 9.88. The van der Waals surface area contributed by atoms with Crippen molar-refractivity contribution >= 4 is 17.2 Å². The van der Waals surface area contributed by atoms with Gasteiger partial charge in [0.2, 0.25) is 0 Å². The van der Waals surface area contributed by atoms with E-state index < -0.39 is 0 Å². The van der Waals surface area contributed by atoms with Gasteiger partial charge in [0.05, 0.1) is 13.2 Å². The number of amides is 1. The van der Waals surface area contributed by atoms with Gasteiger partial charge in [0.25, 0.3) is 5.24 Å². The van der Waals surface area contributed by atoms with Crippen LogP contribution in [0.4, 0.5) is 4.79 Å². The molecule has 1 heterocycles. The molecule has 0 aromatic carbocycles. The van der Waals surface area contributed by atoms with Crippen LogP contribution in [0.1, 0.15) is 97.8 Å². The lowest BCUT2D eigenvalue weighted by atomic mass is 9.42. The SMILES string of the molecule is C1COCCN1.CC[C@H]1CC2C3CCC(CCCNC(=O)SN)C3(C)CC[C@@H]2C2(C)CCCCC12. The van der Waals surface area contributed by atoms with Crippen LogP contribution in [0, 0.1) is 46.3 Å². The Labute approximate surface area is 219 Å². The minimum atomic E-state index is -0.0934. The van der Waals surface area contributed by atoms with Crippen molar-refractivity contribution in [2.45, 2.75) is 97.8 Å². The molecule has 4 saturated carbocycles. The Kier molecular flexibility index (Phi) is 9.90. The number of ether oxygens (including phenoxy) is 1. The molecule has 5 rings (SSSR count). The van der Waals surface area contributed by atoms with Crippen molar-refractivity contribution in [2.24, 2.45) is 51.5 Å². The molecule has 0 aromatic rings. The first-order valence-corrected chi connectivity index (χ1v) is 15.7. The van der Waals surface area contributed by atoms with Crippen LogP contribution in [0.2, 0.25) is 0 Å². The Bertz CT molecular complexity index is 677. The summed E-state index contributed by atoms with van der Waals surface area (Å²) in [6.07, 6.45) is 17.1. The number of morpholine rings is 1. The van der Waals surface area contributed by atoms with Crippen molar-refractivity contribution in [3.8, 4) is 0 Å². The van der Waals surface area contributed by atoms with Crippen LogP contribution in [-0.2, 0) is 4.74 Å². The number of carbonyl (C=O) groups is 1. The molecule has 202 valence electrons. The zero-order chi connectivity index (χ0) is 24.9. The van der Waals surface area contributed by atoms with E-state index in [-0.39, 0.29) is 5.24 Å². The molecular weight excluding hydrogens is 454 g/mol. The predicted molar refractivity (Wildman–Crippen MR) is 147 cm³/mol. The number of rotatable bonds is 5. The number of nitrogens with two attached hydrogens (primary N) is 1. The standard InChI is InChI=1S/C25H44N2OS.C4H9NO/c1-4-17-16-19-21-11-10-18(8-7-15-27-23(28)29-26)24(21,2)14-12-22(19)25(3)13-6-5-9-20(17)25;1-3-6-4-2-5-1/h17-22H,4-16,26H2,1-3H3,(H,27,28);5H,1-4H2/t17-,18?,19?,20?,21?,22-,24?,25?;/m0./s1. The Hall–Kier alpha value is -0.300. The van der Waals surface area contributed by atoms with Gasteiger partial charge < -0.3 is 15.4 Å². The van der Waals surface area contributed by atoms with Gasteiger partial charge in [-0.3, -0.25) is 9.93 Å². The van der Waals surface area contributed by atoms with Gasteiger partial charge in [-0.1, -0.05) is 40.0 Å². The van der Waals surface area contributed by atoms with E-state index in [0.29, 0.717) is 10.8 Å². The highest BCUT2D eigenvalue weighted by Gasteiger charge is 2.60. The highest BCUT2D eigenvalue weighted by Crippen LogP contribution is 2.69. The zero-order valence-corrected chi connectivity index (χ0v) is 23.6. The number of nitrogens with one attached hydrogen (secondary N) is 2. The molecule has 4 aliphatic carbocycles. The fourth-order valence-electron chi connectivity index (χ4n) is 9.70. The quantitative estimate of drug-likeness (QED) is 0.297. The molecule has 0 spiro atoms. The Morgan fingerprint density at radius 3 is 2.46 bits per heavy atom. The zero-order valence-electron chi connectivity index (χ0n) is 22.8. The van der Waals surface area contributed by atoms with Crippen molar-refractivity contribution in [2.75, 3.05) is 32.8 Å². The summed E-state index contributed by atoms with van der Waals surface area (Å²) in [7, 11) is 0. The summed E-state index contributed by atoms with van der Waals surface area (Å²) in [6.45, 7) is 12.4. The van der Waals surface area contributed by atoms with Gasteiger partial charge in [-0.2, -0.15) is 0 Å². The maximum atomic E-state index is 11.4. The van der Waals surface area contributed by atoms with Gasteiger partial charge in [0.15, 0.2) is 0 Å². The van der Waals surface area contributed by atoms with E-state index in [2.05, 4.69) is 31.4 Å². The molecule has 1 amide bonds. The number of carbonyl (C=O) groups excluding carboxylic acids is 1. The van der Waals surface area contributed by atoms with Gasteiger partial charge in [-0.15, -0.1) is 0 Å². The van der Waals surface area contributed by atoms with E-state index in [1.165, 1.54) is 70.6 Å². The molecular formula is C29H53N3O2S. The Morgan fingerprint density at radius 2 is 1.80 bits per heavy atom. The normalized spacial score (nSPS) is 42.6. The molecule has 0 radical (unpaired) electrons. The highest BCUT2D eigenvalue weighted by molar-refractivity contribution is 8.11. The molecule has 6 heteroatoms. The van der Waals surface area contributed by atoms with Gasteiger partial charge in [-0.05, 0) is 104 Å². The number of fused-ring (bicyclic) bond motifs is 5. The van der Waals surface area contributed by atoms with Crippen molar-refractivity contribution < 1.29 is 9.53 Å². The van der Waals surface area contributed by atoms with Crippen molar-refractivity contribution in [3.63, 3.8) is 0 Å². The average molecular weight is 508 g/mol. The van der Waals surface area contributed by atoms with E-state index in [0.717, 1.165) is 86.7 Å². The largest absolute Gasteiger partial charge is 0.379 e. The summed E-state index contributed by atoms with van der Waals surface area (Å²) in [5.74, 6) is 5.77. The van der Waals surface area contributed by atoms with E-state index in [4.69, 9.17) is 9.88 Å². The first kappa shape index (κ1) is 27.7. The third-order valence-corrected chi connectivity index (χ3v) is 11.8. The molecule has 1 aliphatic heterocycles. The minimum Gasteiger partial charge on any atom is -0.379 e. The maximum Gasteiger partial charge on any atom is 0.293 e. The lowest BCUT2D eigenvalue weighted by molar-refractivity contribution is -0.135. The van der Waals surface area contributed by atoms with Crippen LogP contribution in [0.5, 0.6) is 0 Å². The second-order valence-corrected chi connectivity index (χ2v) is 13.4. The second-order valence-electron chi connectivity index (χ2n) is 12.8. The smallest absolute Gasteiger partial charge is 0.293 e. The van der Waals surface area contributed by atoms with Crippen LogP contribution < -0.4 is 15.8 Å². The lowest BCUT2D eigenvalue weighted by Gasteiger charge is -2.62. The Morgan fingerprint density at radius 1 is 1.03 bits per heavy atom. The molecule has 5 aliphatic rings. The summed E-state index contributed by atoms with van der Waals surface area (Å²) >= 11 is 0.798. The Balaban J connectivity index is 0.000000421. The monoisotopic (exact) mass is 507 g/mol. The van der Waals surface area contributed by atoms with E-state index >= 15 is 0 Å². The van der Waals surface area contributed by atoms with Crippen molar-refractivity contribution in [3.05, 3.63) is 0 Å². The molecule has 5 fully saturated rings. The lowest BCUT2D eigenvalue weighted by Crippen LogP contribution is -2.55. The number of hydrogen-bond donors (Lipinski definition) is 3. The predicted octanol–water partition coefficient (Wildman–Crippen LogP) is 6.37. The van der Waals surface area contributed by atoms with E-state index in [1.54, 1.807) is 0 Å². The number of hydrogen-bond acceptors (Lipinski definition) is 5. The molecule has 8 atom stereocenters. The van der Waals surface area contributed by atoms with Crippen LogP contribution >= 0.6 is 11.9 Å². The van der Waals surface area contributed by atoms with E-state index in [9.17, 15) is 4.79 Å². The minimum absolute atomic E-state index is 0.0934. The van der Waals surface area contributed by atoms with Gasteiger partial charge >= 0.3 is 0 Å². The third-order valence-electron chi connectivity index (χ3n) is 11.4. The summed E-state index contributed by atoms with van der Waals surface area (Å²) in [5.41, 5.74) is 1.18. The molecule has 0 aromatic heterocycles. The molecule has 35 heavy (non-hydrogen) atoms. The first-order chi connectivity index (χ1) is 16.9. The van der Waals surface area contributed by atoms with Crippen LogP contribution in [0.15, 0.2) is 0 Å². The first-order valence-electron chi connectivity index (χ1n) is 14.9. The molecule has 5 nitrogen and oxygen atoms in total. The maximum absolute atomic E-state index is 11.4. The summed E-state index contributed by atoms with van der Waals surface area (Å²) in [4.78, 5) is 11.4. The van der Waals surface area contributed by atoms with Crippen molar-refractivity contribution in [1.29, 1.82) is 0 Å². The summed E-state index contributed by atoms with van der Waals surface area (Å²) < 4.78 is 5.01. The highest BCUT2D eigenvalue weighted by atomic mass is 32.2. The van der Waals surface area contributed by atoms with Gasteiger partial charge in [-0.25, -0.2) is 0 Å². The van der Waals surface area contributed by atoms with Crippen molar-refractivity contribution in [1.82, 2.24) is 10.6 Å². The molecule has 1 saturated heterocycles. The van der Waals surface area contributed by atoms with Crippen LogP contribution in [-0.4, -0.2) is 38.1 Å². The summed E-state index contributed by atoms with van der Waals surface area (Å²) in [5, 5.41) is 11.3. The molecule has 0 bridgehead atoms. The van der Waals surface area contributed by atoms with Crippen LogP contribution in [0.25, 0.3) is 0 Å². The molecule has 6 unspecified atom stereocenters. The topological polar surface area (TPSA) is 76.4 Å². The average Bonchev–Trinajstić information content (AvgIpc) is 3.23. The third kappa shape index (κ3) is 5.91. The van der Waals surface area contributed by atoms with Crippen LogP contribution in [0.3, 0.4) is 0 Å². The second kappa shape index (κ2) is 12.5. The summed E-state index contributed by atoms with van der Waals surface area (Å²) in [6, 6.07) is 0. The van der Waals surface area contributed by atoms with Gasteiger partial charge in [0, 0.05) is 31.6 Å². The molecule has 4 N–H and O–H groups in total.